The summed E-state index contributed by atoms with van der Waals surface area (Å²) in [5.41, 5.74) is 8.34. The number of nitrogens with two attached hydrogens (primary N) is 1. The maximum absolute atomic E-state index is 12.4. The number of para-hydroxylation sites is 2. The molecule has 0 unspecified atom stereocenters. The molecule has 2 amide bonds. The Morgan fingerprint density at radius 1 is 1.29 bits per heavy atom. The molecule has 1 saturated heterocycles. The van der Waals surface area contributed by atoms with Crippen LogP contribution in [0.1, 0.15) is 28.9 Å². The van der Waals surface area contributed by atoms with Crippen LogP contribution in [0.5, 0.6) is 0 Å². The molecule has 2 heterocycles. The van der Waals surface area contributed by atoms with Crippen molar-refractivity contribution in [3.8, 4) is 0 Å². The Morgan fingerprint density at radius 3 is 2.62 bits per heavy atom. The SMILES string of the molecule is Cc1cn[nH]c1C(=O)Nc1ccccc1N1CCC(C(N)=O)CC1. The van der Waals surface area contributed by atoms with Gasteiger partial charge in [-0.15, -0.1) is 0 Å². The molecule has 126 valence electrons. The first-order valence-corrected chi connectivity index (χ1v) is 8.01. The zero-order valence-corrected chi connectivity index (χ0v) is 13.6. The van der Waals surface area contributed by atoms with E-state index in [1.807, 2.05) is 31.2 Å². The summed E-state index contributed by atoms with van der Waals surface area (Å²) in [7, 11) is 0. The van der Waals surface area contributed by atoms with Gasteiger partial charge in [-0.3, -0.25) is 14.7 Å². The van der Waals surface area contributed by atoms with Gasteiger partial charge in [0.1, 0.15) is 5.69 Å². The molecule has 1 aromatic carbocycles. The number of carbonyl (C=O) groups is 2. The number of aromatic nitrogens is 2. The van der Waals surface area contributed by atoms with Crippen LogP contribution >= 0.6 is 0 Å². The molecule has 1 aliphatic heterocycles. The van der Waals surface area contributed by atoms with Crippen LogP contribution in [0.2, 0.25) is 0 Å². The van der Waals surface area contributed by atoms with Crippen molar-refractivity contribution in [2.45, 2.75) is 19.8 Å². The van der Waals surface area contributed by atoms with E-state index in [9.17, 15) is 9.59 Å². The number of hydrogen-bond donors (Lipinski definition) is 3. The minimum absolute atomic E-state index is 0.0596. The Balaban J connectivity index is 1.75. The molecule has 0 saturated carbocycles. The van der Waals surface area contributed by atoms with Crippen molar-refractivity contribution in [1.82, 2.24) is 10.2 Å². The van der Waals surface area contributed by atoms with Crippen molar-refractivity contribution in [2.24, 2.45) is 11.7 Å². The Bertz CT molecular complexity index is 747. The van der Waals surface area contributed by atoms with Gasteiger partial charge in [0.05, 0.1) is 17.6 Å². The topological polar surface area (TPSA) is 104 Å². The highest BCUT2D eigenvalue weighted by Crippen LogP contribution is 2.30. The zero-order valence-electron chi connectivity index (χ0n) is 13.6. The van der Waals surface area contributed by atoms with E-state index in [2.05, 4.69) is 20.4 Å². The van der Waals surface area contributed by atoms with Crippen LogP contribution in [0.4, 0.5) is 11.4 Å². The first-order valence-electron chi connectivity index (χ1n) is 8.01. The summed E-state index contributed by atoms with van der Waals surface area (Å²) in [6.07, 6.45) is 3.09. The summed E-state index contributed by atoms with van der Waals surface area (Å²) < 4.78 is 0. The van der Waals surface area contributed by atoms with Gasteiger partial charge in [0.15, 0.2) is 0 Å². The predicted octanol–water partition coefficient (Wildman–Crippen LogP) is 1.67. The third kappa shape index (κ3) is 3.24. The highest BCUT2D eigenvalue weighted by molar-refractivity contribution is 6.05. The standard InChI is InChI=1S/C17H21N5O2/c1-11-10-19-21-15(11)17(24)20-13-4-2-3-5-14(13)22-8-6-12(7-9-22)16(18)23/h2-5,10,12H,6-9H2,1H3,(H2,18,23)(H,19,21)(H,20,24). The number of aromatic amines is 1. The van der Waals surface area contributed by atoms with E-state index >= 15 is 0 Å². The second kappa shape index (κ2) is 6.74. The first-order chi connectivity index (χ1) is 11.6. The summed E-state index contributed by atoms with van der Waals surface area (Å²) in [5.74, 6) is -0.508. The van der Waals surface area contributed by atoms with Crippen molar-refractivity contribution >= 4 is 23.2 Å². The van der Waals surface area contributed by atoms with Crippen LogP contribution < -0.4 is 16.0 Å². The minimum Gasteiger partial charge on any atom is -0.370 e. The minimum atomic E-state index is -0.231. The van der Waals surface area contributed by atoms with E-state index in [1.165, 1.54) is 0 Å². The lowest BCUT2D eigenvalue weighted by atomic mass is 9.96. The van der Waals surface area contributed by atoms with Crippen molar-refractivity contribution in [1.29, 1.82) is 0 Å². The van der Waals surface area contributed by atoms with Gasteiger partial charge in [-0.1, -0.05) is 12.1 Å². The van der Waals surface area contributed by atoms with Gasteiger partial charge >= 0.3 is 0 Å². The van der Waals surface area contributed by atoms with E-state index in [0.29, 0.717) is 5.69 Å². The van der Waals surface area contributed by atoms with E-state index in [4.69, 9.17) is 5.73 Å². The summed E-state index contributed by atoms with van der Waals surface area (Å²) in [4.78, 5) is 25.9. The van der Waals surface area contributed by atoms with Gasteiger partial charge in [-0.2, -0.15) is 5.10 Å². The van der Waals surface area contributed by atoms with E-state index in [-0.39, 0.29) is 17.7 Å². The molecule has 0 atom stereocenters. The number of amides is 2. The molecule has 4 N–H and O–H groups in total. The quantitative estimate of drug-likeness (QED) is 0.794. The number of primary amides is 1. The van der Waals surface area contributed by atoms with E-state index in [0.717, 1.165) is 42.9 Å². The van der Waals surface area contributed by atoms with Crippen LogP contribution in [-0.4, -0.2) is 35.1 Å². The zero-order chi connectivity index (χ0) is 17.1. The molecule has 3 rings (SSSR count). The highest BCUT2D eigenvalue weighted by atomic mass is 16.2. The fourth-order valence-electron chi connectivity index (χ4n) is 3.02. The number of aryl methyl sites for hydroxylation is 1. The second-order valence-corrected chi connectivity index (χ2v) is 6.06. The van der Waals surface area contributed by atoms with Crippen LogP contribution in [0, 0.1) is 12.8 Å². The Morgan fingerprint density at radius 2 is 2.00 bits per heavy atom. The normalized spacial score (nSPS) is 15.3. The molecule has 2 aromatic rings. The van der Waals surface area contributed by atoms with Crippen molar-refractivity contribution < 1.29 is 9.59 Å². The van der Waals surface area contributed by atoms with Crippen LogP contribution in [-0.2, 0) is 4.79 Å². The molecule has 24 heavy (non-hydrogen) atoms. The lowest BCUT2D eigenvalue weighted by Crippen LogP contribution is -2.38. The van der Waals surface area contributed by atoms with Crippen LogP contribution in [0.15, 0.2) is 30.5 Å². The number of nitrogens with zero attached hydrogens (tertiary/aromatic N) is 2. The Labute approximate surface area is 140 Å². The Hall–Kier alpha value is -2.83. The fourth-order valence-corrected chi connectivity index (χ4v) is 3.02. The highest BCUT2D eigenvalue weighted by Gasteiger charge is 2.24. The van der Waals surface area contributed by atoms with E-state index < -0.39 is 0 Å². The molecule has 7 heteroatoms. The molecule has 1 fully saturated rings. The summed E-state index contributed by atoms with van der Waals surface area (Å²) >= 11 is 0. The maximum atomic E-state index is 12.4. The number of rotatable bonds is 4. The summed E-state index contributed by atoms with van der Waals surface area (Å²) in [5, 5.41) is 9.54. The lowest BCUT2D eigenvalue weighted by Gasteiger charge is -2.33. The molecule has 1 aliphatic rings. The number of piperidine rings is 1. The molecule has 0 radical (unpaired) electrons. The van der Waals surface area contributed by atoms with Crippen molar-refractivity contribution in [3.63, 3.8) is 0 Å². The number of benzene rings is 1. The van der Waals surface area contributed by atoms with Gasteiger partial charge in [0.25, 0.3) is 5.91 Å². The first kappa shape index (κ1) is 16.0. The van der Waals surface area contributed by atoms with E-state index in [1.54, 1.807) is 6.20 Å². The predicted molar refractivity (Wildman–Crippen MR) is 91.9 cm³/mol. The molecule has 0 aliphatic carbocycles. The largest absolute Gasteiger partial charge is 0.370 e. The summed E-state index contributed by atoms with van der Waals surface area (Å²) in [6.45, 7) is 3.31. The van der Waals surface area contributed by atoms with Gasteiger partial charge in [-0.25, -0.2) is 0 Å². The second-order valence-electron chi connectivity index (χ2n) is 6.06. The Kier molecular flexibility index (Phi) is 4.50. The van der Waals surface area contributed by atoms with Gasteiger partial charge in [0.2, 0.25) is 5.91 Å². The maximum Gasteiger partial charge on any atom is 0.273 e. The third-order valence-electron chi connectivity index (χ3n) is 4.45. The third-order valence-corrected chi connectivity index (χ3v) is 4.45. The van der Waals surface area contributed by atoms with Gasteiger partial charge in [-0.05, 0) is 37.5 Å². The number of nitrogens with one attached hydrogen (secondary N) is 2. The molecule has 7 nitrogen and oxygen atoms in total. The number of carbonyl (C=O) groups excluding carboxylic acids is 2. The number of anilines is 2. The average molecular weight is 327 g/mol. The number of H-pyrrole nitrogens is 1. The lowest BCUT2D eigenvalue weighted by molar-refractivity contribution is -0.122. The molecular formula is C17H21N5O2. The molecular weight excluding hydrogens is 306 g/mol. The number of hydrogen-bond acceptors (Lipinski definition) is 4. The summed E-state index contributed by atoms with van der Waals surface area (Å²) in [6, 6.07) is 7.67. The average Bonchev–Trinajstić information content (AvgIpc) is 3.01. The van der Waals surface area contributed by atoms with Crippen LogP contribution in [0.3, 0.4) is 0 Å². The fraction of sp³-hybridized carbons (Fsp3) is 0.353. The molecule has 0 spiro atoms. The molecule has 0 bridgehead atoms. The monoisotopic (exact) mass is 327 g/mol. The smallest absolute Gasteiger partial charge is 0.273 e. The van der Waals surface area contributed by atoms with Crippen molar-refractivity contribution in [2.75, 3.05) is 23.3 Å². The van der Waals surface area contributed by atoms with Crippen LogP contribution in [0.25, 0.3) is 0 Å². The van der Waals surface area contributed by atoms with Gasteiger partial charge in [0, 0.05) is 19.0 Å². The van der Waals surface area contributed by atoms with Crippen molar-refractivity contribution in [3.05, 3.63) is 41.7 Å². The van der Waals surface area contributed by atoms with Gasteiger partial charge < -0.3 is 16.0 Å². The molecule has 1 aromatic heterocycles.